The molecule has 0 unspecified atom stereocenters. The molecule has 0 aliphatic heterocycles. The van der Waals surface area contributed by atoms with E-state index in [0.29, 0.717) is 0 Å². The minimum absolute atomic E-state index is 0.0250. The van der Waals surface area contributed by atoms with Crippen LogP contribution in [0.4, 0.5) is 11.4 Å². The Kier molecular flexibility index (Phi) is 4.37. The first-order valence-corrected chi connectivity index (χ1v) is 7.74. The lowest BCUT2D eigenvalue weighted by Crippen LogP contribution is -2.41. The zero-order valence-electron chi connectivity index (χ0n) is 13.3. The zero-order valence-corrected chi connectivity index (χ0v) is 14.2. The molecule has 0 aliphatic carbocycles. The van der Waals surface area contributed by atoms with E-state index in [9.17, 15) is 14.9 Å². The van der Waals surface area contributed by atoms with Gasteiger partial charge in [0.2, 0.25) is 0 Å². The first-order valence-electron chi connectivity index (χ1n) is 6.93. The fourth-order valence-corrected chi connectivity index (χ4v) is 2.96. The largest absolute Gasteiger partial charge is 0.393 e. The van der Waals surface area contributed by atoms with Crippen molar-refractivity contribution >= 4 is 28.6 Å². The number of carbonyl (C=O) groups excluding carboxylic acids is 1. The van der Waals surface area contributed by atoms with E-state index in [1.54, 1.807) is 0 Å². The Morgan fingerprint density at radius 1 is 1.39 bits per heavy atom. The lowest BCUT2D eigenvalue weighted by molar-refractivity contribution is -0.383. The maximum absolute atomic E-state index is 12.4. The number of thiazole rings is 1. The Morgan fingerprint density at radius 3 is 2.57 bits per heavy atom. The highest BCUT2D eigenvalue weighted by Gasteiger charge is 2.28. The SMILES string of the molecule is Cc1nc(C(C)(C)NC(=O)c2ccc(N)c([N+](=O)[O-])c2)sc1C. The van der Waals surface area contributed by atoms with Crippen molar-refractivity contribution in [3.8, 4) is 0 Å². The number of nitro groups is 1. The zero-order chi connectivity index (χ0) is 17.4. The van der Waals surface area contributed by atoms with Gasteiger partial charge >= 0.3 is 0 Å². The standard InChI is InChI=1S/C15H18N4O3S/c1-8-9(2)23-14(17-8)15(3,4)18-13(20)10-5-6-11(16)12(7-10)19(21)22/h5-7H,16H2,1-4H3,(H,18,20). The number of hydrogen-bond acceptors (Lipinski definition) is 6. The van der Waals surface area contributed by atoms with Crippen LogP contribution < -0.4 is 11.1 Å². The summed E-state index contributed by atoms with van der Waals surface area (Å²) in [7, 11) is 0. The average molecular weight is 334 g/mol. The van der Waals surface area contributed by atoms with Gasteiger partial charge in [-0.25, -0.2) is 4.98 Å². The molecule has 2 rings (SSSR count). The molecule has 0 aliphatic rings. The van der Waals surface area contributed by atoms with Crippen molar-refractivity contribution in [2.45, 2.75) is 33.2 Å². The highest BCUT2D eigenvalue weighted by molar-refractivity contribution is 7.11. The molecular formula is C15H18N4O3S. The van der Waals surface area contributed by atoms with Gasteiger partial charge in [-0.05, 0) is 39.8 Å². The van der Waals surface area contributed by atoms with Gasteiger partial charge in [-0.3, -0.25) is 14.9 Å². The summed E-state index contributed by atoms with van der Waals surface area (Å²) in [6.45, 7) is 7.57. The smallest absolute Gasteiger partial charge is 0.292 e. The molecule has 0 saturated carbocycles. The maximum Gasteiger partial charge on any atom is 0.292 e. The van der Waals surface area contributed by atoms with E-state index in [-0.39, 0.29) is 16.9 Å². The molecule has 2 aromatic rings. The summed E-state index contributed by atoms with van der Waals surface area (Å²) in [6, 6.07) is 4.00. The van der Waals surface area contributed by atoms with E-state index in [1.165, 1.54) is 29.5 Å². The van der Waals surface area contributed by atoms with Crippen LogP contribution in [0.5, 0.6) is 0 Å². The van der Waals surface area contributed by atoms with Crippen molar-refractivity contribution in [2.75, 3.05) is 5.73 Å². The third kappa shape index (κ3) is 3.48. The molecular weight excluding hydrogens is 316 g/mol. The van der Waals surface area contributed by atoms with Crippen LogP contribution in [0.25, 0.3) is 0 Å². The number of nitro benzene ring substituents is 1. The predicted octanol–water partition coefficient (Wildman–Crippen LogP) is 2.92. The van der Waals surface area contributed by atoms with Crippen molar-refractivity contribution in [3.63, 3.8) is 0 Å². The molecule has 122 valence electrons. The average Bonchev–Trinajstić information content (AvgIpc) is 2.79. The van der Waals surface area contributed by atoms with Gasteiger partial charge in [-0.2, -0.15) is 0 Å². The van der Waals surface area contributed by atoms with Crippen molar-refractivity contribution in [2.24, 2.45) is 0 Å². The molecule has 1 amide bonds. The van der Waals surface area contributed by atoms with Gasteiger partial charge in [0.15, 0.2) is 0 Å². The Balaban J connectivity index is 2.27. The van der Waals surface area contributed by atoms with Crippen LogP contribution in [0.2, 0.25) is 0 Å². The lowest BCUT2D eigenvalue weighted by Gasteiger charge is -2.24. The van der Waals surface area contributed by atoms with Crippen molar-refractivity contribution in [1.29, 1.82) is 0 Å². The van der Waals surface area contributed by atoms with E-state index in [1.807, 2.05) is 27.7 Å². The van der Waals surface area contributed by atoms with E-state index in [0.717, 1.165) is 15.6 Å². The van der Waals surface area contributed by atoms with Crippen LogP contribution >= 0.6 is 11.3 Å². The molecule has 1 aromatic heterocycles. The predicted molar refractivity (Wildman–Crippen MR) is 89.6 cm³/mol. The first kappa shape index (κ1) is 16.9. The van der Waals surface area contributed by atoms with Gasteiger partial charge in [-0.1, -0.05) is 0 Å². The van der Waals surface area contributed by atoms with Crippen LogP contribution in [-0.4, -0.2) is 15.8 Å². The van der Waals surface area contributed by atoms with Gasteiger partial charge in [0.25, 0.3) is 11.6 Å². The number of nitrogens with two attached hydrogens (primary N) is 1. The van der Waals surface area contributed by atoms with Crippen LogP contribution in [0, 0.1) is 24.0 Å². The van der Waals surface area contributed by atoms with E-state index in [2.05, 4.69) is 10.3 Å². The van der Waals surface area contributed by atoms with E-state index < -0.39 is 16.4 Å². The Bertz CT molecular complexity index is 764. The molecule has 0 spiro atoms. The molecule has 0 fully saturated rings. The number of amides is 1. The van der Waals surface area contributed by atoms with Crippen LogP contribution in [-0.2, 0) is 5.54 Å². The van der Waals surface area contributed by atoms with Crippen molar-refractivity contribution in [3.05, 3.63) is 49.5 Å². The Morgan fingerprint density at radius 2 is 2.04 bits per heavy atom. The number of nitrogens with zero attached hydrogens (tertiary/aromatic N) is 2. The van der Waals surface area contributed by atoms with E-state index >= 15 is 0 Å². The van der Waals surface area contributed by atoms with Gasteiger partial charge in [0.05, 0.1) is 16.2 Å². The van der Waals surface area contributed by atoms with Gasteiger partial charge < -0.3 is 11.1 Å². The minimum atomic E-state index is -0.684. The minimum Gasteiger partial charge on any atom is -0.393 e. The lowest BCUT2D eigenvalue weighted by atomic mass is 10.1. The molecule has 0 atom stereocenters. The number of benzene rings is 1. The molecule has 0 bridgehead atoms. The summed E-state index contributed by atoms with van der Waals surface area (Å²) in [6.07, 6.45) is 0. The quantitative estimate of drug-likeness (QED) is 0.507. The number of aromatic nitrogens is 1. The molecule has 23 heavy (non-hydrogen) atoms. The summed E-state index contributed by atoms with van der Waals surface area (Å²) in [5.74, 6) is -0.413. The summed E-state index contributed by atoms with van der Waals surface area (Å²) >= 11 is 1.51. The highest BCUT2D eigenvalue weighted by Crippen LogP contribution is 2.28. The third-order valence-corrected chi connectivity index (χ3v) is 4.88. The van der Waals surface area contributed by atoms with Crippen LogP contribution in [0.3, 0.4) is 0 Å². The van der Waals surface area contributed by atoms with Crippen LogP contribution in [0.15, 0.2) is 18.2 Å². The fraction of sp³-hybridized carbons (Fsp3) is 0.333. The topological polar surface area (TPSA) is 111 Å². The van der Waals surface area contributed by atoms with Crippen molar-refractivity contribution in [1.82, 2.24) is 10.3 Å². The second-order valence-electron chi connectivity index (χ2n) is 5.77. The first-order chi connectivity index (χ1) is 10.6. The summed E-state index contributed by atoms with van der Waals surface area (Å²) in [5, 5.41) is 14.6. The number of anilines is 1. The molecule has 0 saturated heterocycles. The van der Waals surface area contributed by atoms with Gasteiger partial charge in [-0.15, -0.1) is 11.3 Å². The molecule has 7 nitrogen and oxygen atoms in total. The van der Waals surface area contributed by atoms with Gasteiger partial charge in [0.1, 0.15) is 10.7 Å². The number of nitrogens with one attached hydrogen (secondary N) is 1. The van der Waals surface area contributed by atoms with Crippen molar-refractivity contribution < 1.29 is 9.72 Å². The maximum atomic E-state index is 12.4. The molecule has 1 aromatic carbocycles. The highest BCUT2D eigenvalue weighted by atomic mass is 32.1. The normalized spacial score (nSPS) is 11.3. The molecule has 1 heterocycles. The Hall–Kier alpha value is -2.48. The molecule has 0 radical (unpaired) electrons. The second-order valence-corrected chi connectivity index (χ2v) is 6.97. The molecule has 3 N–H and O–H groups in total. The van der Waals surface area contributed by atoms with Crippen LogP contribution in [0.1, 0.15) is 39.8 Å². The fourth-order valence-electron chi connectivity index (χ4n) is 1.99. The summed E-state index contributed by atoms with van der Waals surface area (Å²) in [4.78, 5) is 28.3. The number of nitrogen functional groups attached to an aromatic ring is 1. The summed E-state index contributed by atoms with van der Waals surface area (Å²) in [5.41, 5.74) is 5.72. The number of aryl methyl sites for hydroxylation is 2. The van der Waals surface area contributed by atoms with E-state index in [4.69, 9.17) is 5.73 Å². The number of hydrogen-bond donors (Lipinski definition) is 2. The Labute approximate surface area is 137 Å². The van der Waals surface area contributed by atoms with Gasteiger partial charge in [0, 0.05) is 16.5 Å². The molecule has 8 heteroatoms. The number of carbonyl (C=O) groups is 1. The monoisotopic (exact) mass is 334 g/mol. The third-order valence-electron chi connectivity index (χ3n) is 3.48. The number of rotatable bonds is 4. The summed E-state index contributed by atoms with van der Waals surface area (Å²) < 4.78 is 0. The second kappa shape index (κ2) is 5.96.